The summed E-state index contributed by atoms with van der Waals surface area (Å²) in [6, 6.07) is 3.64. The van der Waals surface area contributed by atoms with Crippen LogP contribution < -0.4 is 17.1 Å². The summed E-state index contributed by atoms with van der Waals surface area (Å²) in [7, 11) is 1.25. The molecule has 0 aliphatic heterocycles. The minimum absolute atomic E-state index is 0.00833. The molecule has 18 heavy (non-hydrogen) atoms. The number of nitriles is 2. The average Bonchev–Trinajstić information content (AvgIpc) is 2.36. The van der Waals surface area contributed by atoms with Crippen LogP contribution in [0.25, 0.3) is 0 Å². The monoisotopic (exact) mass is 249 g/mol. The molecule has 0 atom stereocenters. The second kappa shape index (κ2) is 5.64. The van der Waals surface area contributed by atoms with E-state index in [4.69, 9.17) is 10.5 Å². The van der Waals surface area contributed by atoms with Gasteiger partial charge in [-0.3, -0.25) is 0 Å². The zero-order valence-electron chi connectivity index (χ0n) is 9.79. The summed E-state index contributed by atoms with van der Waals surface area (Å²) < 4.78 is 2.43. The van der Waals surface area contributed by atoms with Crippen molar-refractivity contribution in [2.75, 3.05) is 0 Å². The first kappa shape index (κ1) is 13.5. The Morgan fingerprint density at radius 1 is 0.889 bits per heavy atom. The Morgan fingerprint density at radius 2 is 1.28 bits per heavy atom. The van der Waals surface area contributed by atoms with Crippen LogP contribution >= 0.6 is 0 Å². The van der Waals surface area contributed by atoms with Crippen molar-refractivity contribution in [3.8, 4) is 12.1 Å². The van der Waals surface area contributed by atoms with Gasteiger partial charge in [-0.05, 0) is 0 Å². The van der Waals surface area contributed by atoms with Crippen LogP contribution in [-0.2, 0) is 20.1 Å². The molecule has 0 aromatic carbocycles. The summed E-state index contributed by atoms with van der Waals surface area (Å²) in [6.45, 7) is -0.149. The fourth-order valence-corrected chi connectivity index (χ4v) is 1.46. The SMILES string of the molecule is Cn1c(=O)n(CCC#N)c(=O)n(CCC#N)c1=O. The van der Waals surface area contributed by atoms with E-state index < -0.39 is 17.1 Å². The van der Waals surface area contributed by atoms with Gasteiger partial charge in [-0.1, -0.05) is 0 Å². The summed E-state index contributed by atoms with van der Waals surface area (Å²) in [5.41, 5.74) is -2.30. The molecule has 1 aromatic heterocycles. The van der Waals surface area contributed by atoms with Crippen LogP contribution in [0.1, 0.15) is 12.8 Å². The summed E-state index contributed by atoms with van der Waals surface area (Å²) >= 11 is 0. The summed E-state index contributed by atoms with van der Waals surface area (Å²) in [5, 5.41) is 16.9. The van der Waals surface area contributed by atoms with Gasteiger partial charge in [0.2, 0.25) is 0 Å². The highest BCUT2D eigenvalue weighted by Crippen LogP contribution is 1.82. The van der Waals surface area contributed by atoms with Crippen molar-refractivity contribution in [3.63, 3.8) is 0 Å². The van der Waals surface area contributed by atoms with E-state index in [0.29, 0.717) is 0 Å². The summed E-state index contributed by atoms with van der Waals surface area (Å²) in [6.07, 6.45) is -0.0167. The van der Waals surface area contributed by atoms with E-state index in [-0.39, 0.29) is 25.9 Å². The van der Waals surface area contributed by atoms with Gasteiger partial charge in [-0.15, -0.1) is 0 Å². The van der Waals surface area contributed by atoms with Crippen molar-refractivity contribution >= 4 is 0 Å². The molecule has 0 N–H and O–H groups in total. The molecule has 1 rings (SSSR count). The number of rotatable bonds is 4. The molecule has 0 saturated carbocycles. The molecule has 1 aromatic rings. The molecule has 0 aliphatic carbocycles. The van der Waals surface area contributed by atoms with Crippen molar-refractivity contribution in [2.45, 2.75) is 25.9 Å². The maximum Gasteiger partial charge on any atom is 0.336 e. The molecule has 0 bridgehead atoms. The molecule has 0 fully saturated rings. The second-order valence-corrected chi connectivity index (χ2v) is 3.53. The third kappa shape index (κ3) is 2.38. The lowest BCUT2D eigenvalue weighted by Crippen LogP contribution is -2.53. The highest BCUT2D eigenvalue weighted by molar-refractivity contribution is 4.81. The summed E-state index contributed by atoms with van der Waals surface area (Å²) in [4.78, 5) is 35.2. The molecule has 0 aliphatic rings. The van der Waals surface area contributed by atoms with Gasteiger partial charge in [0.15, 0.2) is 0 Å². The number of hydrogen-bond acceptors (Lipinski definition) is 5. The van der Waals surface area contributed by atoms with Gasteiger partial charge in [0.05, 0.1) is 25.0 Å². The lowest BCUT2D eigenvalue weighted by Gasteiger charge is -2.09. The van der Waals surface area contributed by atoms with Gasteiger partial charge in [-0.25, -0.2) is 28.1 Å². The molecule has 8 heteroatoms. The van der Waals surface area contributed by atoms with Crippen LogP contribution in [0.2, 0.25) is 0 Å². The Morgan fingerprint density at radius 3 is 1.61 bits per heavy atom. The van der Waals surface area contributed by atoms with E-state index in [1.807, 2.05) is 12.1 Å². The zero-order valence-corrected chi connectivity index (χ0v) is 9.79. The van der Waals surface area contributed by atoms with E-state index >= 15 is 0 Å². The van der Waals surface area contributed by atoms with E-state index in [2.05, 4.69) is 0 Å². The Balaban J connectivity index is 3.47. The topological polar surface area (TPSA) is 114 Å². The Labute approximate surface area is 102 Å². The first-order valence-electron chi connectivity index (χ1n) is 5.19. The molecule has 8 nitrogen and oxygen atoms in total. The lowest BCUT2D eigenvalue weighted by atomic mass is 10.4. The lowest BCUT2D eigenvalue weighted by molar-refractivity contribution is 0.477. The minimum atomic E-state index is -0.784. The molecular weight excluding hydrogens is 238 g/mol. The van der Waals surface area contributed by atoms with Gasteiger partial charge in [0.25, 0.3) is 0 Å². The van der Waals surface area contributed by atoms with Crippen molar-refractivity contribution in [1.82, 2.24) is 13.7 Å². The highest BCUT2D eigenvalue weighted by Gasteiger charge is 2.12. The third-order valence-corrected chi connectivity index (χ3v) is 2.39. The van der Waals surface area contributed by atoms with Crippen LogP contribution in [0.5, 0.6) is 0 Å². The molecule has 1 heterocycles. The Kier molecular flexibility index (Phi) is 4.22. The predicted molar refractivity (Wildman–Crippen MR) is 60.7 cm³/mol. The van der Waals surface area contributed by atoms with Crippen molar-refractivity contribution < 1.29 is 0 Å². The average molecular weight is 249 g/mol. The van der Waals surface area contributed by atoms with Gasteiger partial charge >= 0.3 is 17.1 Å². The number of aromatic nitrogens is 3. The number of nitrogens with zero attached hydrogens (tertiary/aromatic N) is 5. The second-order valence-electron chi connectivity index (χ2n) is 3.53. The smallest absolute Gasteiger partial charge is 0.248 e. The first-order chi connectivity index (χ1) is 8.54. The fraction of sp³-hybridized carbons (Fsp3) is 0.500. The van der Waals surface area contributed by atoms with Crippen molar-refractivity contribution in [1.29, 1.82) is 10.5 Å². The molecule has 0 radical (unpaired) electrons. The highest BCUT2D eigenvalue weighted by atomic mass is 16.2. The van der Waals surface area contributed by atoms with E-state index in [1.165, 1.54) is 7.05 Å². The molecular formula is C10H11N5O3. The van der Waals surface area contributed by atoms with Gasteiger partial charge in [-0.2, -0.15) is 10.5 Å². The van der Waals surface area contributed by atoms with E-state index in [0.717, 1.165) is 13.7 Å². The molecule has 0 unspecified atom stereocenters. The zero-order chi connectivity index (χ0) is 13.7. The first-order valence-corrected chi connectivity index (χ1v) is 5.19. The van der Waals surface area contributed by atoms with Crippen LogP contribution in [-0.4, -0.2) is 13.7 Å². The van der Waals surface area contributed by atoms with Crippen LogP contribution in [0, 0.1) is 22.7 Å². The molecule has 0 saturated heterocycles. The summed E-state index contributed by atoms with van der Waals surface area (Å²) in [5.74, 6) is 0. The third-order valence-electron chi connectivity index (χ3n) is 2.39. The predicted octanol–water partition coefficient (Wildman–Crippen LogP) is -1.46. The van der Waals surface area contributed by atoms with Crippen LogP contribution in [0.15, 0.2) is 14.4 Å². The quantitative estimate of drug-likeness (QED) is 0.646. The Hall–Kier alpha value is -2.61. The van der Waals surface area contributed by atoms with Crippen molar-refractivity contribution in [3.05, 3.63) is 31.5 Å². The molecule has 0 spiro atoms. The minimum Gasteiger partial charge on any atom is -0.248 e. The van der Waals surface area contributed by atoms with E-state index in [9.17, 15) is 14.4 Å². The van der Waals surface area contributed by atoms with E-state index in [1.54, 1.807) is 0 Å². The van der Waals surface area contributed by atoms with Gasteiger partial charge in [0.1, 0.15) is 0 Å². The maximum absolute atomic E-state index is 11.9. The van der Waals surface area contributed by atoms with Crippen LogP contribution in [0.4, 0.5) is 0 Å². The van der Waals surface area contributed by atoms with Gasteiger partial charge < -0.3 is 0 Å². The normalized spacial score (nSPS) is 9.72. The van der Waals surface area contributed by atoms with Crippen molar-refractivity contribution in [2.24, 2.45) is 7.05 Å². The van der Waals surface area contributed by atoms with Gasteiger partial charge in [0, 0.05) is 20.1 Å². The maximum atomic E-state index is 11.9. The van der Waals surface area contributed by atoms with Crippen LogP contribution in [0.3, 0.4) is 0 Å². The Bertz CT molecular complexity index is 638. The molecule has 94 valence electrons. The fourth-order valence-electron chi connectivity index (χ4n) is 1.46. The largest absolute Gasteiger partial charge is 0.336 e. The molecule has 0 amide bonds. The standard InChI is InChI=1S/C10H11N5O3/c1-13-8(16)14(6-2-4-11)10(18)15(9(13)17)7-3-5-12/h2-3,6-7H2,1H3. The number of hydrogen-bond donors (Lipinski definition) is 0.